The molecule has 0 amide bonds. The van der Waals surface area contributed by atoms with E-state index in [4.69, 9.17) is 16.1 Å². The van der Waals surface area contributed by atoms with E-state index in [1.807, 2.05) is 0 Å². The predicted octanol–water partition coefficient (Wildman–Crippen LogP) is 3.32. The van der Waals surface area contributed by atoms with Gasteiger partial charge in [-0.25, -0.2) is 0 Å². The molecule has 0 bridgehead atoms. The number of hydrogen-bond donors (Lipinski definition) is 2. The van der Waals surface area contributed by atoms with E-state index in [0.717, 1.165) is 18.5 Å². The number of benzene rings is 1. The summed E-state index contributed by atoms with van der Waals surface area (Å²) in [5.74, 6) is 0.263. The van der Waals surface area contributed by atoms with Crippen LogP contribution < -0.4 is 5.32 Å². The molecule has 5 nitrogen and oxygen atoms in total. The number of aliphatic hydroxyl groups is 1. The molecule has 2 aromatic rings. The number of carbonyl (C=O) groups excluding carboxylic acids is 1. The van der Waals surface area contributed by atoms with E-state index in [2.05, 4.69) is 10.5 Å². The van der Waals surface area contributed by atoms with Gasteiger partial charge in [0, 0.05) is 17.1 Å². The van der Waals surface area contributed by atoms with Crippen molar-refractivity contribution in [3.05, 3.63) is 41.0 Å². The van der Waals surface area contributed by atoms with Gasteiger partial charge in [-0.15, -0.1) is 0 Å². The minimum absolute atomic E-state index is 0.145. The summed E-state index contributed by atoms with van der Waals surface area (Å²) in [4.78, 5) is 13.4. The van der Waals surface area contributed by atoms with Crippen LogP contribution in [0.5, 0.6) is 0 Å². The maximum absolute atomic E-state index is 13.4. The van der Waals surface area contributed by atoms with Crippen molar-refractivity contribution in [1.29, 1.82) is 0 Å². The Morgan fingerprint density at radius 3 is 2.67 bits per heavy atom. The highest BCUT2D eigenvalue weighted by molar-refractivity contribution is 6.30. The first-order valence-corrected chi connectivity index (χ1v) is 8.41. The standard InChI is InChI=1S/C18H21ClN2O3/c1-17(2,23)18(8-3-9-20-11-18)16(22)14-10-21-24-15(14)12-4-6-13(19)7-5-12/h4-7,10,20,23H,3,8-9,11H2,1-2H3/t18-/m1/s1. The van der Waals surface area contributed by atoms with Crippen molar-refractivity contribution < 1.29 is 14.4 Å². The first-order chi connectivity index (χ1) is 11.3. The third kappa shape index (κ3) is 2.88. The molecular formula is C18H21ClN2O3. The van der Waals surface area contributed by atoms with Crippen LogP contribution in [-0.2, 0) is 0 Å². The quantitative estimate of drug-likeness (QED) is 0.829. The zero-order valence-corrected chi connectivity index (χ0v) is 14.6. The number of carbonyl (C=O) groups is 1. The second-order valence-electron chi connectivity index (χ2n) is 6.83. The lowest BCUT2D eigenvalue weighted by atomic mass is 9.64. The summed E-state index contributed by atoms with van der Waals surface area (Å²) >= 11 is 5.92. The third-order valence-corrected chi connectivity index (χ3v) is 5.16. The molecule has 24 heavy (non-hydrogen) atoms. The summed E-state index contributed by atoms with van der Waals surface area (Å²) in [5, 5.41) is 18.4. The van der Waals surface area contributed by atoms with Gasteiger partial charge in [0.1, 0.15) is 0 Å². The van der Waals surface area contributed by atoms with Crippen LogP contribution >= 0.6 is 11.6 Å². The number of aromatic nitrogens is 1. The van der Waals surface area contributed by atoms with Gasteiger partial charge in [0.25, 0.3) is 0 Å². The van der Waals surface area contributed by atoms with Crippen molar-refractivity contribution in [2.45, 2.75) is 32.3 Å². The number of rotatable bonds is 4. The van der Waals surface area contributed by atoms with E-state index in [1.54, 1.807) is 38.1 Å². The third-order valence-electron chi connectivity index (χ3n) is 4.91. The summed E-state index contributed by atoms with van der Waals surface area (Å²) in [6, 6.07) is 7.05. The fraction of sp³-hybridized carbons (Fsp3) is 0.444. The molecule has 1 atom stereocenters. The van der Waals surface area contributed by atoms with E-state index in [-0.39, 0.29) is 5.78 Å². The molecule has 0 spiro atoms. The Labute approximate surface area is 146 Å². The van der Waals surface area contributed by atoms with E-state index in [0.29, 0.717) is 29.3 Å². The molecule has 0 radical (unpaired) electrons. The van der Waals surface area contributed by atoms with Gasteiger partial charge in [0.2, 0.25) is 0 Å². The molecular weight excluding hydrogens is 328 g/mol. The minimum atomic E-state index is -1.16. The second-order valence-corrected chi connectivity index (χ2v) is 7.26. The smallest absolute Gasteiger partial charge is 0.178 e. The van der Waals surface area contributed by atoms with Gasteiger partial charge in [0.05, 0.1) is 22.8 Å². The summed E-state index contributed by atoms with van der Waals surface area (Å²) in [7, 11) is 0. The lowest BCUT2D eigenvalue weighted by Crippen LogP contribution is -2.57. The molecule has 128 valence electrons. The molecule has 1 aliphatic heterocycles. The maximum atomic E-state index is 13.4. The largest absolute Gasteiger partial charge is 0.389 e. The van der Waals surface area contributed by atoms with Crippen LogP contribution in [0.15, 0.2) is 35.0 Å². The second kappa shape index (κ2) is 6.31. The Hall–Kier alpha value is -1.69. The topological polar surface area (TPSA) is 75.4 Å². The van der Waals surface area contributed by atoms with Crippen LogP contribution in [0.1, 0.15) is 37.0 Å². The number of Topliss-reactive ketones (excluding diaryl/α,β-unsaturated/α-hetero) is 1. The van der Waals surface area contributed by atoms with Gasteiger partial charge >= 0.3 is 0 Å². The van der Waals surface area contributed by atoms with Crippen LogP contribution in [0.2, 0.25) is 5.02 Å². The highest BCUT2D eigenvalue weighted by Gasteiger charge is 2.51. The van der Waals surface area contributed by atoms with Crippen LogP contribution in [0.4, 0.5) is 0 Å². The lowest BCUT2D eigenvalue weighted by Gasteiger charge is -2.44. The Morgan fingerprint density at radius 1 is 1.38 bits per heavy atom. The van der Waals surface area contributed by atoms with Crippen LogP contribution in [0, 0.1) is 5.41 Å². The predicted molar refractivity (Wildman–Crippen MR) is 92.1 cm³/mol. The SMILES string of the molecule is CC(C)(O)[C@]1(C(=O)c2cnoc2-c2ccc(Cl)cc2)CCCNC1. The first kappa shape index (κ1) is 17.1. The Balaban J connectivity index is 2.04. The molecule has 6 heteroatoms. The highest BCUT2D eigenvalue weighted by Crippen LogP contribution is 2.42. The monoisotopic (exact) mass is 348 g/mol. The molecule has 1 saturated heterocycles. The fourth-order valence-corrected chi connectivity index (χ4v) is 3.49. The number of halogens is 1. The van der Waals surface area contributed by atoms with Crippen molar-refractivity contribution in [2.24, 2.45) is 5.41 Å². The van der Waals surface area contributed by atoms with Gasteiger partial charge in [-0.05, 0) is 57.5 Å². The molecule has 2 N–H and O–H groups in total. The molecule has 1 aromatic heterocycles. The molecule has 1 aromatic carbocycles. The van der Waals surface area contributed by atoms with Crippen molar-refractivity contribution in [3.8, 4) is 11.3 Å². The summed E-state index contributed by atoms with van der Waals surface area (Å²) in [5.41, 5.74) is -0.942. The first-order valence-electron chi connectivity index (χ1n) is 8.04. The molecule has 3 rings (SSSR count). The van der Waals surface area contributed by atoms with E-state index in [1.165, 1.54) is 6.20 Å². The van der Waals surface area contributed by atoms with Crippen LogP contribution in [0.25, 0.3) is 11.3 Å². The number of ketones is 1. The maximum Gasteiger partial charge on any atom is 0.178 e. The van der Waals surface area contributed by atoms with Gasteiger partial charge in [-0.3, -0.25) is 4.79 Å². The van der Waals surface area contributed by atoms with Crippen LogP contribution in [-0.4, -0.2) is 34.7 Å². The highest BCUT2D eigenvalue weighted by atomic mass is 35.5. The zero-order valence-electron chi connectivity index (χ0n) is 13.8. The van der Waals surface area contributed by atoms with Crippen molar-refractivity contribution >= 4 is 17.4 Å². The van der Waals surface area contributed by atoms with E-state index in [9.17, 15) is 9.90 Å². The van der Waals surface area contributed by atoms with E-state index < -0.39 is 11.0 Å². The normalized spacial score (nSPS) is 21.7. The number of nitrogens with zero attached hydrogens (tertiary/aromatic N) is 1. The molecule has 0 unspecified atom stereocenters. The Kier molecular flexibility index (Phi) is 4.51. The number of nitrogens with one attached hydrogen (secondary N) is 1. The molecule has 1 fully saturated rings. The Bertz CT molecular complexity index is 725. The van der Waals surface area contributed by atoms with Crippen LogP contribution in [0.3, 0.4) is 0 Å². The Morgan fingerprint density at radius 2 is 2.08 bits per heavy atom. The lowest BCUT2D eigenvalue weighted by molar-refractivity contribution is -0.0482. The average Bonchev–Trinajstić information content (AvgIpc) is 3.04. The summed E-state index contributed by atoms with van der Waals surface area (Å²) < 4.78 is 5.34. The zero-order chi connectivity index (χ0) is 17.4. The molecule has 0 saturated carbocycles. The van der Waals surface area contributed by atoms with E-state index >= 15 is 0 Å². The summed E-state index contributed by atoms with van der Waals surface area (Å²) in [6.07, 6.45) is 2.89. The van der Waals surface area contributed by atoms with Crippen molar-refractivity contribution in [2.75, 3.05) is 13.1 Å². The number of hydrogen-bond acceptors (Lipinski definition) is 5. The molecule has 2 heterocycles. The number of piperidine rings is 1. The van der Waals surface area contributed by atoms with Gasteiger partial charge in [-0.2, -0.15) is 0 Å². The van der Waals surface area contributed by atoms with Crippen molar-refractivity contribution in [3.63, 3.8) is 0 Å². The minimum Gasteiger partial charge on any atom is -0.389 e. The average molecular weight is 349 g/mol. The van der Waals surface area contributed by atoms with Gasteiger partial charge in [-0.1, -0.05) is 16.8 Å². The van der Waals surface area contributed by atoms with Gasteiger partial charge in [0.15, 0.2) is 11.5 Å². The molecule has 1 aliphatic rings. The van der Waals surface area contributed by atoms with Crippen molar-refractivity contribution in [1.82, 2.24) is 10.5 Å². The summed E-state index contributed by atoms with van der Waals surface area (Å²) in [6.45, 7) is 4.65. The molecule has 0 aliphatic carbocycles. The fourth-order valence-electron chi connectivity index (χ4n) is 3.37. The van der Waals surface area contributed by atoms with Gasteiger partial charge < -0.3 is 14.9 Å².